The van der Waals surface area contributed by atoms with Gasteiger partial charge in [-0.3, -0.25) is 19.4 Å². The molecule has 5 aromatic carbocycles. The predicted molar refractivity (Wildman–Crippen MR) is 220 cm³/mol. The van der Waals surface area contributed by atoms with E-state index in [0.29, 0.717) is 50.1 Å². The number of hydrogen-bond acceptors (Lipinski definition) is 5. The first kappa shape index (κ1) is 37.1. The maximum atomic E-state index is 14.0. The summed E-state index contributed by atoms with van der Waals surface area (Å²) in [4.78, 5) is 59.4. The first-order chi connectivity index (χ1) is 27.8. The van der Waals surface area contributed by atoms with Crippen molar-refractivity contribution in [3.05, 3.63) is 145 Å². The number of ether oxygens (including phenoxy) is 1. The van der Waals surface area contributed by atoms with Crippen LogP contribution in [-0.4, -0.2) is 68.6 Å². The van der Waals surface area contributed by atoms with Gasteiger partial charge in [-0.1, -0.05) is 103 Å². The third kappa shape index (κ3) is 7.69. The Labute approximate surface area is 330 Å². The largest absolute Gasteiger partial charge is 0.465 e. The van der Waals surface area contributed by atoms with Crippen LogP contribution in [0.5, 0.6) is 0 Å². The lowest BCUT2D eigenvalue weighted by atomic mass is 9.87. The lowest BCUT2D eigenvalue weighted by Crippen LogP contribution is -2.56. The van der Waals surface area contributed by atoms with Gasteiger partial charge in [0, 0.05) is 47.4 Å². The van der Waals surface area contributed by atoms with Crippen molar-refractivity contribution in [3.8, 4) is 22.4 Å². The van der Waals surface area contributed by atoms with Crippen LogP contribution in [0.4, 0.5) is 21.0 Å². The van der Waals surface area contributed by atoms with Gasteiger partial charge in [0.2, 0.25) is 5.91 Å². The van der Waals surface area contributed by atoms with Gasteiger partial charge in [-0.05, 0) is 78.3 Å². The number of carboxylic acid groups (broad SMARTS) is 1. The van der Waals surface area contributed by atoms with E-state index in [2.05, 4.69) is 15.6 Å². The number of nitrogens with one attached hydrogen (secondary N) is 3. The number of anilines is 2. The standard InChI is InChI=1S/C46H43N5O6/c52-42(39-18-10-26-50(39)45(56)57-30-32-14-6-2-7-15-32)47-36-23-24-38-37(28-36)40(33-16-8-3-9-17-33)41(49-38)34-19-21-35(22-20-34)48-43(53)46(25-11-27-51(46)44(54)55)29-31-12-4-1-5-13-31/h1-9,12-17,19-24,28,39,49H,10-11,18,25-27,29-30H2,(H,47,52)(H,48,53)(H,54,55)/t39-,46-/m0/s1. The van der Waals surface area contributed by atoms with Gasteiger partial charge < -0.3 is 25.5 Å². The molecule has 11 heteroatoms. The molecule has 0 radical (unpaired) electrons. The van der Waals surface area contributed by atoms with Crippen molar-refractivity contribution < 1.29 is 29.0 Å². The molecule has 6 aromatic rings. The van der Waals surface area contributed by atoms with Crippen LogP contribution < -0.4 is 10.6 Å². The summed E-state index contributed by atoms with van der Waals surface area (Å²) in [6.07, 6.45) is 0.936. The molecule has 0 bridgehead atoms. The third-order valence-electron chi connectivity index (χ3n) is 11.0. The zero-order valence-electron chi connectivity index (χ0n) is 31.3. The molecule has 0 aliphatic carbocycles. The molecule has 2 atom stereocenters. The monoisotopic (exact) mass is 761 g/mol. The normalized spacial score (nSPS) is 17.7. The minimum atomic E-state index is -1.22. The average molecular weight is 762 g/mol. The van der Waals surface area contributed by atoms with E-state index in [1.165, 1.54) is 9.80 Å². The molecule has 11 nitrogen and oxygen atoms in total. The highest BCUT2D eigenvalue weighted by atomic mass is 16.6. The summed E-state index contributed by atoms with van der Waals surface area (Å²) in [6, 6.07) is 41.5. The van der Waals surface area contributed by atoms with Crippen molar-refractivity contribution >= 4 is 46.3 Å². The van der Waals surface area contributed by atoms with E-state index in [1.54, 1.807) is 0 Å². The Hall–Kier alpha value is -6.88. The molecular formula is C46H43N5O6. The fourth-order valence-corrected chi connectivity index (χ4v) is 8.24. The highest BCUT2D eigenvalue weighted by molar-refractivity contribution is 6.07. The molecule has 0 unspecified atom stereocenters. The number of amides is 4. The SMILES string of the molecule is O=C(Nc1ccc2[nH]c(-c3ccc(NC(=O)[C@@]4(Cc5ccccc5)CCCN4C(=O)O)cc3)c(-c3ccccc3)c2c1)[C@@H]1CCCN1C(=O)OCc1ccccc1. The fraction of sp³-hybridized carbons (Fsp3) is 0.217. The number of aromatic nitrogens is 1. The molecule has 57 heavy (non-hydrogen) atoms. The van der Waals surface area contributed by atoms with Gasteiger partial charge >= 0.3 is 12.2 Å². The van der Waals surface area contributed by atoms with Gasteiger partial charge in [0.15, 0.2) is 0 Å². The summed E-state index contributed by atoms with van der Waals surface area (Å²) in [5, 5.41) is 17.1. The number of aromatic amines is 1. The zero-order valence-corrected chi connectivity index (χ0v) is 31.3. The Morgan fingerprint density at radius 1 is 0.737 bits per heavy atom. The van der Waals surface area contributed by atoms with Crippen LogP contribution in [0.3, 0.4) is 0 Å². The molecule has 288 valence electrons. The molecule has 2 aliphatic rings. The summed E-state index contributed by atoms with van der Waals surface area (Å²) < 4.78 is 5.56. The summed E-state index contributed by atoms with van der Waals surface area (Å²) in [5.41, 5.74) is 6.21. The molecule has 2 fully saturated rings. The Morgan fingerprint density at radius 2 is 1.40 bits per heavy atom. The second kappa shape index (κ2) is 16.1. The minimum absolute atomic E-state index is 0.137. The van der Waals surface area contributed by atoms with E-state index >= 15 is 0 Å². The van der Waals surface area contributed by atoms with Crippen LogP contribution in [0.15, 0.2) is 133 Å². The maximum absolute atomic E-state index is 14.0. The summed E-state index contributed by atoms with van der Waals surface area (Å²) >= 11 is 0. The summed E-state index contributed by atoms with van der Waals surface area (Å²) in [5.74, 6) is -0.623. The molecule has 0 saturated carbocycles. The quantitative estimate of drug-likeness (QED) is 0.110. The number of likely N-dealkylation sites (tertiary alicyclic amines) is 2. The summed E-state index contributed by atoms with van der Waals surface area (Å²) in [6.45, 7) is 0.880. The Morgan fingerprint density at radius 3 is 2.11 bits per heavy atom. The van der Waals surface area contributed by atoms with E-state index in [-0.39, 0.29) is 24.8 Å². The van der Waals surface area contributed by atoms with Gasteiger partial charge in [-0.25, -0.2) is 9.59 Å². The number of carbonyl (C=O) groups excluding carboxylic acids is 3. The first-order valence-electron chi connectivity index (χ1n) is 19.2. The molecule has 0 spiro atoms. The van der Waals surface area contributed by atoms with Crippen LogP contribution in [0.1, 0.15) is 36.8 Å². The number of benzene rings is 5. The van der Waals surface area contributed by atoms with Crippen molar-refractivity contribution in [2.45, 2.75) is 50.3 Å². The molecule has 2 aliphatic heterocycles. The number of rotatable bonds is 10. The maximum Gasteiger partial charge on any atom is 0.410 e. The van der Waals surface area contributed by atoms with Crippen molar-refractivity contribution in [3.63, 3.8) is 0 Å². The van der Waals surface area contributed by atoms with Crippen LogP contribution in [0.2, 0.25) is 0 Å². The van der Waals surface area contributed by atoms with E-state index in [0.717, 1.165) is 44.4 Å². The van der Waals surface area contributed by atoms with Gasteiger partial charge in [0.1, 0.15) is 18.2 Å². The summed E-state index contributed by atoms with van der Waals surface area (Å²) in [7, 11) is 0. The number of hydrogen-bond donors (Lipinski definition) is 4. The highest BCUT2D eigenvalue weighted by Crippen LogP contribution is 2.40. The van der Waals surface area contributed by atoms with Crippen molar-refractivity contribution in [1.82, 2.24) is 14.8 Å². The molecule has 4 N–H and O–H groups in total. The second-order valence-corrected chi connectivity index (χ2v) is 14.6. The molecule has 2 saturated heterocycles. The van der Waals surface area contributed by atoms with Crippen LogP contribution in [0, 0.1) is 0 Å². The van der Waals surface area contributed by atoms with Crippen LogP contribution in [-0.2, 0) is 27.4 Å². The predicted octanol–water partition coefficient (Wildman–Crippen LogP) is 8.94. The first-order valence-corrected chi connectivity index (χ1v) is 19.2. The minimum Gasteiger partial charge on any atom is -0.465 e. The van der Waals surface area contributed by atoms with E-state index in [4.69, 9.17) is 4.74 Å². The van der Waals surface area contributed by atoms with Crippen molar-refractivity contribution in [2.75, 3.05) is 23.7 Å². The smallest absolute Gasteiger partial charge is 0.410 e. The van der Waals surface area contributed by atoms with Crippen LogP contribution >= 0.6 is 0 Å². The second-order valence-electron chi connectivity index (χ2n) is 14.6. The number of fused-ring (bicyclic) bond motifs is 1. The Balaban J connectivity index is 1.03. The number of carbonyl (C=O) groups is 4. The number of H-pyrrole nitrogens is 1. The molecule has 1 aromatic heterocycles. The highest BCUT2D eigenvalue weighted by Gasteiger charge is 2.50. The van der Waals surface area contributed by atoms with Crippen molar-refractivity contribution in [1.29, 1.82) is 0 Å². The Bertz CT molecular complexity index is 2400. The van der Waals surface area contributed by atoms with E-state index in [9.17, 15) is 24.3 Å². The Kier molecular flexibility index (Phi) is 10.5. The fourth-order valence-electron chi connectivity index (χ4n) is 8.24. The zero-order chi connectivity index (χ0) is 39.4. The molecule has 8 rings (SSSR count). The van der Waals surface area contributed by atoms with Gasteiger partial charge in [0.25, 0.3) is 5.91 Å². The van der Waals surface area contributed by atoms with E-state index in [1.807, 2.05) is 133 Å². The molecular weight excluding hydrogens is 719 g/mol. The molecule has 4 amide bonds. The van der Waals surface area contributed by atoms with Crippen molar-refractivity contribution in [2.24, 2.45) is 0 Å². The lowest BCUT2D eigenvalue weighted by Gasteiger charge is -2.35. The lowest BCUT2D eigenvalue weighted by molar-refractivity contribution is -0.125. The van der Waals surface area contributed by atoms with Gasteiger partial charge in [-0.2, -0.15) is 0 Å². The van der Waals surface area contributed by atoms with E-state index < -0.39 is 23.8 Å². The molecule has 3 heterocycles. The third-order valence-corrected chi connectivity index (χ3v) is 11.0. The van der Waals surface area contributed by atoms with Gasteiger partial charge in [-0.15, -0.1) is 0 Å². The average Bonchev–Trinajstić information content (AvgIpc) is 4.00. The topological polar surface area (TPSA) is 144 Å². The van der Waals surface area contributed by atoms with Gasteiger partial charge in [0.05, 0.1) is 5.69 Å². The number of nitrogens with zero attached hydrogens (tertiary/aromatic N) is 2. The van der Waals surface area contributed by atoms with Crippen LogP contribution in [0.25, 0.3) is 33.3 Å².